The van der Waals surface area contributed by atoms with E-state index in [1.165, 1.54) is 5.57 Å². The minimum Gasteiger partial charge on any atom is -0.352 e. The van der Waals surface area contributed by atoms with E-state index in [4.69, 9.17) is 0 Å². The molecule has 2 rings (SSSR count). The monoisotopic (exact) mass is 322 g/mol. The SMILES string of the molecule is Cc1ccc(C(=O)NCCC2=CCNCC2)c(Br)c1. The number of hydrogen-bond donors (Lipinski definition) is 2. The number of halogens is 1. The van der Waals surface area contributed by atoms with Crippen molar-refractivity contribution in [1.29, 1.82) is 0 Å². The van der Waals surface area contributed by atoms with E-state index in [0.29, 0.717) is 12.1 Å². The van der Waals surface area contributed by atoms with Crippen molar-refractivity contribution in [2.45, 2.75) is 19.8 Å². The van der Waals surface area contributed by atoms with Crippen LogP contribution in [-0.4, -0.2) is 25.5 Å². The van der Waals surface area contributed by atoms with Crippen molar-refractivity contribution in [3.63, 3.8) is 0 Å². The Hall–Kier alpha value is -1.13. The second-order valence-electron chi connectivity index (χ2n) is 4.81. The Balaban J connectivity index is 1.85. The third-order valence-electron chi connectivity index (χ3n) is 3.26. The summed E-state index contributed by atoms with van der Waals surface area (Å²) in [7, 11) is 0. The van der Waals surface area contributed by atoms with Crippen molar-refractivity contribution in [2.75, 3.05) is 19.6 Å². The van der Waals surface area contributed by atoms with Gasteiger partial charge in [-0.05, 0) is 59.9 Å². The molecule has 0 saturated heterocycles. The highest BCUT2D eigenvalue weighted by atomic mass is 79.9. The maximum absolute atomic E-state index is 12.0. The minimum atomic E-state index is -0.0126. The lowest BCUT2D eigenvalue weighted by Crippen LogP contribution is -2.26. The molecule has 1 heterocycles. The number of rotatable bonds is 4. The van der Waals surface area contributed by atoms with E-state index in [2.05, 4.69) is 32.6 Å². The first-order valence-electron chi connectivity index (χ1n) is 6.60. The molecule has 1 amide bonds. The molecule has 102 valence electrons. The lowest BCUT2D eigenvalue weighted by atomic mass is 10.1. The molecule has 19 heavy (non-hydrogen) atoms. The van der Waals surface area contributed by atoms with Gasteiger partial charge in [-0.15, -0.1) is 0 Å². The zero-order chi connectivity index (χ0) is 13.7. The molecule has 1 aromatic carbocycles. The van der Waals surface area contributed by atoms with Gasteiger partial charge in [0.15, 0.2) is 0 Å². The smallest absolute Gasteiger partial charge is 0.252 e. The van der Waals surface area contributed by atoms with Gasteiger partial charge >= 0.3 is 0 Å². The Morgan fingerprint density at radius 1 is 1.47 bits per heavy atom. The Bertz CT molecular complexity index is 497. The normalized spacial score (nSPS) is 14.9. The molecule has 0 atom stereocenters. The van der Waals surface area contributed by atoms with E-state index in [9.17, 15) is 4.79 Å². The summed E-state index contributed by atoms with van der Waals surface area (Å²) in [4.78, 5) is 12.0. The lowest BCUT2D eigenvalue weighted by Gasteiger charge is -2.14. The molecule has 1 aromatic rings. The summed E-state index contributed by atoms with van der Waals surface area (Å²) in [5.41, 5.74) is 3.27. The first-order valence-corrected chi connectivity index (χ1v) is 7.39. The molecule has 0 bridgehead atoms. The van der Waals surface area contributed by atoms with Crippen LogP contribution in [-0.2, 0) is 0 Å². The van der Waals surface area contributed by atoms with Gasteiger partial charge in [-0.3, -0.25) is 4.79 Å². The fourth-order valence-corrected chi connectivity index (χ4v) is 2.81. The Labute approximate surface area is 122 Å². The average Bonchev–Trinajstić information content (AvgIpc) is 2.39. The van der Waals surface area contributed by atoms with Crippen LogP contribution in [0.15, 0.2) is 34.3 Å². The van der Waals surface area contributed by atoms with E-state index in [-0.39, 0.29) is 5.91 Å². The molecule has 2 N–H and O–H groups in total. The predicted octanol–water partition coefficient (Wildman–Crippen LogP) is 2.80. The molecule has 0 unspecified atom stereocenters. The first-order chi connectivity index (χ1) is 9.16. The number of carbonyl (C=O) groups is 1. The maximum atomic E-state index is 12.0. The molecular weight excluding hydrogens is 304 g/mol. The largest absolute Gasteiger partial charge is 0.352 e. The summed E-state index contributed by atoms with van der Waals surface area (Å²) in [5, 5.41) is 6.26. The van der Waals surface area contributed by atoms with E-state index < -0.39 is 0 Å². The minimum absolute atomic E-state index is 0.0126. The molecule has 0 aromatic heterocycles. The van der Waals surface area contributed by atoms with Crippen molar-refractivity contribution in [3.05, 3.63) is 45.4 Å². The van der Waals surface area contributed by atoms with Crippen molar-refractivity contribution in [1.82, 2.24) is 10.6 Å². The van der Waals surface area contributed by atoms with Gasteiger partial charge in [-0.1, -0.05) is 17.7 Å². The molecule has 0 spiro atoms. The van der Waals surface area contributed by atoms with Crippen LogP contribution in [0.25, 0.3) is 0 Å². The third-order valence-corrected chi connectivity index (χ3v) is 3.91. The number of benzene rings is 1. The quantitative estimate of drug-likeness (QED) is 0.837. The van der Waals surface area contributed by atoms with Crippen molar-refractivity contribution < 1.29 is 4.79 Å². The van der Waals surface area contributed by atoms with Crippen LogP contribution in [0, 0.1) is 6.92 Å². The summed E-state index contributed by atoms with van der Waals surface area (Å²) in [6.45, 7) is 4.71. The van der Waals surface area contributed by atoms with Gasteiger partial charge in [-0.2, -0.15) is 0 Å². The van der Waals surface area contributed by atoms with Gasteiger partial charge in [-0.25, -0.2) is 0 Å². The Morgan fingerprint density at radius 2 is 2.32 bits per heavy atom. The molecule has 1 aliphatic rings. The standard InChI is InChI=1S/C15H19BrN2O/c1-11-2-3-13(14(16)10-11)15(19)18-9-6-12-4-7-17-8-5-12/h2-4,10,17H,5-9H2,1H3,(H,18,19). The highest BCUT2D eigenvalue weighted by molar-refractivity contribution is 9.10. The highest BCUT2D eigenvalue weighted by Crippen LogP contribution is 2.18. The predicted molar refractivity (Wildman–Crippen MR) is 81.4 cm³/mol. The van der Waals surface area contributed by atoms with E-state index in [1.54, 1.807) is 0 Å². The zero-order valence-electron chi connectivity index (χ0n) is 11.1. The summed E-state index contributed by atoms with van der Waals surface area (Å²) in [6.07, 6.45) is 4.25. The molecule has 4 heteroatoms. The van der Waals surface area contributed by atoms with E-state index in [1.807, 2.05) is 25.1 Å². The van der Waals surface area contributed by atoms with Crippen molar-refractivity contribution in [3.8, 4) is 0 Å². The molecule has 0 aliphatic carbocycles. The summed E-state index contributed by atoms with van der Waals surface area (Å²) in [5.74, 6) is -0.0126. The number of amides is 1. The molecule has 3 nitrogen and oxygen atoms in total. The number of hydrogen-bond acceptors (Lipinski definition) is 2. The maximum Gasteiger partial charge on any atom is 0.252 e. The second-order valence-corrected chi connectivity index (χ2v) is 5.66. The van der Waals surface area contributed by atoms with Gasteiger partial charge in [0.05, 0.1) is 5.56 Å². The topological polar surface area (TPSA) is 41.1 Å². The van der Waals surface area contributed by atoms with Crippen LogP contribution in [0.1, 0.15) is 28.8 Å². The summed E-state index contributed by atoms with van der Waals surface area (Å²) < 4.78 is 0.853. The van der Waals surface area contributed by atoms with Gasteiger partial charge in [0.2, 0.25) is 0 Å². The zero-order valence-corrected chi connectivity index (χ0v) is 12.7. The van der Waals surface area contributed by atoms with Gasteiger partial charge < -0.3 is 10.6 Å². The van der Waals surface area contributed by atoms with E-state index in [0.717, 1.165) is 36.0 Å². The molecule has 1 aliphatic heterocycles. The molecule has 0 fully saturated rings. The average molecular weight is 323 g/mol. The molecular formula is C15H19BrN2O. The van der Waals surface area contributed by atoms with Crippen molar-refractivity contribution >= 4 is 21.8 Å². The fourth-order valence-electron chi connectivity index (χ4n) is 2.13. The van der Waals surface area contributed by atoms with Crippen LogP contribution in [0.4, 0.5) is 0 Å². The summed E-state index contributed by atoms with van der Waals surface area (Å²) in [6, 6.07) is 5.78. The fraction of sp³-hybridized carbons (Fsp3) is 0.400. The van der Waals surface area contributed by atoms with Crippen LogP contribution < -0.4 is 10.6 Å². The third kappa shape index (κ3) is 4.18. The van der Waals surface area contributed by atoms with Gasteiger partial charge in [0.25, 0.3) is 5.91 Å². The number of nitrogens with one attached hydrogen (secondary N) is 2. The van der Waals surface area contributed by atoms with Crippen molar-refractivity contribution in [2.24, 2.45) is 0 Å². The molecule has 0 radical (unpaired) electrons. The Kier molecular flexibility index (Phi) is 5.16. The Morgan fingerprint density at radius 3 is 3.00 bits per heavy atom. The first kappa shape index (κ1) is 14.3. The number of aryl methyl sites for hydroxylation is 1. The highest BCUT2D eigenvalue weighted by Gasteiger charge is 2.10. The van der Waals surface area contributed by atoms with Crippen LogP contribution >= 0.6 is 15.9 Å². The van der Waals surface area contributed by atoms with Gasteiger partial charge in [0.1, 0.15) is 0 Å². The second kappa shape index (κ2) is 6.87. The lowest BCUT2D eigenvalue weighted by molar-refractivity contribution is 0.0953. The summed E-state index contributed by atoms with van der Waals surface area (Å²) >= 11 is 3.44. The van der Waals surface area contributed by atoms with Crippen LogP contribution in [0.3, 0.4) is 0 Å². The van der Waals surface area contributed by atoms with Gasteiger partial charge in [0, 0.05) is 17.6 Å². The van der Waals surface area contributed by atoms with Crippen LogP contribution in [0.2, 0.25) is 0 Å². The molecule has 0 saturated carbocycles. The number of carbonyl (C=O) groups excluding carboxylic acids is 1. The van der Waals surface area contributed by atoms with Crippen LogP contribution in [0.5, 0.6) is 0 Å². The van der Waals surface area contributed by atoms with E-state index >= 15 is 0 Å².